The lowest BCUT2D eigenvalue weighted by molar-refractivity contribution is -0.922. The zero-order valence-electron chi connectivity index (χ0n) is 16.6. The molecule has 1 aliphatic heterocycles. The van der Waals surface area contributed by atoms with E-state index in [9.17, 15) is 14.4 Å². The number of imidazole rings is 1. The SMILES string of the molecule is Cn1c(=O)c2c(nc(C[NH+]3CCOCC3)n2CC(=O)c2ccccc2)n(C)c1=O. The van der Waals surface area contributed by atoms with Crippen LogP contribution < -0.4 is 16.1 Å². The van der Waals surface area contributed by atoms with Crippen molar-refractivity contribution in [1.29, 1.82) is 0 Å². The van der Waals surface area contributed by atoms with Crippen molar-refractivity contribution in [3.63, 3.8) is 0 Å². The van der Waals surface area contributed by atoms with Crippen LogP contribution in [-0.2, 0) is 31.9 Å². The number of morpholine rings is 1. The van der Waals surface area contributed by atoms with Gasteiger partial charge >= 0.3 is 5.69 Å². The van der Waals surface area contributed by atoms with Crippen LogP contribution in [-0.4, -0.2) is 50.8 Å². The van der Waals surface area contributed by atoms with E-state index in [2.05, 4.69) is 4.98 Å². The number of carbonyl (C=O) groups excluding carboxylic acids is 1. The maximum absolute atomic E-state index is 12.9. The van der Waals surface area contributed by atoms with Crippen molar-refractivity contribution in [3.05, 3.63) is 62.6 Å². The number of nitrogens with one attached hydrogen (secondary N) is 1. The summed E-state index contributed by atoms with van der Waals surface area (Å²) < 4.78 is 9.51. The van der Waals surface area contributed by atoms with Gasteiger partial charge in [-0.25, -0.2) is 9.78 Å². The minimum absolute atomic E-state index is 0.00687. The normalized spacial score (nSPS) is 15.1. The fraction of sp³-hybridized carbons (Fsp3) is 0.400. The second-order valence-corrected chi connectivity index (χ2v) is 7.32. The minimum Gasteiger partial charge on any atom is -0.370 e. The Morgan fingerprint density at radius 1 is 1.10 bits per heavy atom. The van der Waals surface area contributed by atoms with Crippen LogP contribution in [0.5, 0.6) is 0 Å². The van der Waals surface area contributed by atoms with Crippen LogP contribution in [0.4, 0.5) is 0 Å². The van der Waals surface area contributed by atoms with Gasteiger partial charge in [0.25, 0.3) is 5.56 Å². The third-order valence-electron chi connectivity index (χ3n) is 5.43. The minimum atomic E-state index is -0.445. The molecule has 1 saturated heterocycles. The van der Waals surface area contributed by atoms with E-state index >= 15 is 0 Å². The molecule has 3 heterocycles. The molecule has 0 unspecified atom stereocenters. The average Bonchev–Trinajstić information content (AvgIpc) is 3.10. The van der Waals surface area contributed by atoms with Crippen LogP contribution in [0, 0.1) is 0 Å². The molecule has 1 aliphatic rings. The Labute approximate surface area is 166 Å². The van der Waals surface area contributed by atoms with Gasteiger partial charge in [-0.3, -0.25) is 18.7 Å². The lowest BCUT2D eigenvalue weighted by Gasteiger charge is -2.23. The maximum atomic E-state index is 12.9. The van der Waals surface area contributed by atoms with Gasteiger partial charge < -0.3 is 14.2 Å². The molecule has 0 saturated carbocycles. The van der Waals surface area contributed by atoms with Crippen LogP contribution in [0.1, 0.15) is 16.2 Å². The van der Waals surface area contributed by atoms with Crippen molar-refractivity contribution in [1.82, 2.24) is 18.7 Å². The molecule has 9 heteroatoms. The standard InChI is InChI=1S/C20H23N5O4/c1-22-18-17(19(27)23(2)20(22)28)25(12-15(26)14-6-4-3-5-7-14)16(21-18)13-24-8-10-29-11-9-24/h3-7H,8-13H2,1-2H3/p+1. The van der Waals surface area contributed by atoms with Gasteiger partial charge in [-0.15, -0.1) is 0 Å². The summed E-state index contributed by atoms with van der Waals surface area (Å²) in [5, 5.41) is 0. The molecule has 0 bridgehead atoms. The third kappa shape index (κ3) is 3.54. The lowest BCUT2D eigenvalue weighted by atomic mass is 10.1. The summed E-state index contributed by atoms with van der Waals surface area (Å²) >= 11 is 0. The summed E-state index contributed by atoms with van der Waals surface area (Å²) in [5.41, 5.74) is 0.273. The molecular formula is C20H24N5O4+. The number of hydrogen-bond donors (Lipinski definition) is 1. The van der Waals surface area contributed by atoms with Crippen molar-refractivity contribution in [2.24, 2.45) is 14.1 Å². The number of fused-ring (bicyclic) bond motifs is 1. The summed E-state index contributed by atoms with van der Waals surface area (Å²) in [7, 11) is 3.03. The Morgan fingerprint density at radius 3 is 2.48 bits per heavy atom. The molecule has 0 aliphatic carbocycles. The van der Waals surface area contributed by atoms with E-state index in [-0.39, 0.29) is 17.8 Å². The van der Waals surface area contributed by atoms with Gasteiger partial charge in [0.15, 0.2) is 22.8 Å². The number of hydrogen-bond acceptors (Lipinski definition) is 5. The van der Waals surface area contributed by atoms with Crippen molar-refractivity contribution >= 4 is 16.9 Å². The molecule has 0 spiro atoms. The first-order chi connectivity index (χ1) is 14.0. The first-order valence-electron chi connectivity index (χ1n) is 9.62. The number of Topliss-reactive ketones (excluding diaryl/α,β-unsaturated/α-hetero) is 1. The molecule has 4 rings (SSSR count). The molecule has 0 atom stereocenters. The number of rotatable bonds is 5. The number of ketones is 1. The fourth-order valence-electron chi connectivity index (χ4n) is 3.72. The molecule has 2 aromatic heterocycles. The Morgan fingerprint density at radius 2 is 1.79 bits per heavy atom. The second-order valence-electron chi connectivity index (χ2n) is 7.32. The number of aryl methyl sites for hydroxylation is 1. The molecule has 29 heavy (non-hydrogen) atoms. The Kier molecular flexibility index (Phi) is 5.16. The summed E-state index contributed by atoms with van der Waals surface area (Å²) in [4.78, 5) is 44.0. The monoisotopic (exact) mass is 398 g/mol. The van der Waals surface area contributed by atoms with Crippen molar-refractivity contribution < 1.29 is 14.4 Å². The highest BCUT2D eigenvalue weighted by atomic mass is 16.5. The van der Waals surface area contributed by atoms with Gasteiger partial charge in [-0.1, -0.05) is 30.3 Å². The van der Waals surface area contributed by atoms with Crippen molar-refractivity contribution in [2.45, 2.75) is 13.1 Å². The summed E-state index contributed by atoms with van der Waals surface area (Å²) in [6.07, 6.45) is 0. The number of ether oxygens (including phenoxy) is 1. The fourth-order valence-corrected chi connectivity index (χ4v) is 3.72. The number of benzene rings is 1. The highest BCUT2D eigenvalue weighted by Crippen LogP contribution is 2.13. The van der Waals surface area contributed by atoms with Crippen LogP contribution >= 0.6 is 0 Å². The average molecular weight is 398 g/mol. The zero-order valence-corrected chi connectivity index (χ0v) is 16.6. The van der Waals surface area contributed by atoms with Gasteiger partial charge in [-0.05, 0) is 0 Å². The highest BCUT2D eigenvalue weighted by Gasteiger charge is 2.24. The van der Waals surface area contributed by atoms with Gasteiger partial charge in [0, 0.05) is 19.7 Å². The van der Waals surface area contributed by atoms with Crippen LogP contribution in [0.15, 0.2) is 39.9 Å². The van der Waals surface area contributed by atoms with E-state index in [1.807, 2.05) is 6.07 Å². The number of aromatic nitrogens is 4. The van der Waals surface area contributed by atoms with E-state index in [1.165, 1.54) is 16.5 Å². The second kappa shape index (κ2) is 7.76. The van der Waals surface area contributed by atoms with E-state index in [0.29, 0.717) is 36.8 Å². The predicted molar refractivity (Wildman–Crippen MR) is 106 cm³/mol. The Hall–Kier alpha value is -3.04. The van der Waals surface area contributed by atoms with Crippen molar-refractivity contribution in [3.8, 4) is 0 Å². The van der Waals surface area contributed by atoms with E-state index in [1.54, 1.807) is 35.9 Å². The number of quaternary nitrogens is 1. The number of nitrogens with zero attached hydrogens (tertiary/aromatic N) is 4. The molecule has 9 nitrogen and oxygen atoms in total. The number of carbonyl (C=O) groups is 1. The lowest BCUT2D eigenvalue weighted by Crippen LogP contribution is -3.12. The first-order valence-corrected chi connectivity index (χ1v) is 9.62. The molecule has 3 aromatic rings. The molecule has 0 radical (unpaired) electrons. The third-order valence-corrected chi connectivity index (χ3v) is 5.43. The zero-order chi connectivity index (χ0) is 20.5. The van der Waals surface area contributed by atoms with Crippen LogP contribution in [0.25, 0.3) is 11.2 Å². The van der Waals surface area contributed by atoms with E-state index in [0.717, 1.165) is 17.7 Å². The van der Waals surface area contributed by atoms with Gasteiger partial charge in [0.2, 0.25) is 0 Å². The van der Waals surface area contributed by atoms with Crippen LogP contribution in [0.3, 0.4) is 0 Å². The highest BCUT2D eigenvalue weighted by molar-refractivity contribution is 5.96. The summed E-state index contributed by atoms with van der Waals surface area (Å²) in [6, 6.07) is 8.97. The first kappa shape index (κ1) is 19.3. The van der Waals surface area contributed by atoms with Gasteiger partial charge in [0.1, 0.15) is 19.6 Å². The predicted octanol–water partition coefficient (Wildman–Crippen LogP) is -1.27. The van der Waals surface area contributed by atoms with Gasteiger partial charge in [0.05, 0.1) is 19.8 Å². The Bertz CT molecular complexity index is 1170. The largest absolute Gasteiger partial charge is 0.370 e. The van der Waals surface area contributed by atoms with E-state index < -0.39 is 11.2 Å². The quantitative estimate of drug-likeness (QED) is 0.541. The smallest absolute Gasteiger partial charge is 0.332 e. The Balaban J connectivity index is 1.84. The maximum Gasteiger partial charge on any atom is 0.332 e. The summed E-state index contributed by atoms with van der Waals surface area (Å²) in [5.74, 6) is 0.513. The molecule has 1 fully saturated rings. The molecule has 0 amide bonds. The van der Waals surface area contributed by atoms with Crippen LogP contribution in [0.2, 0.25) is 0 Å². The molecule has 1 N–H and O–H groups in total. The van der Waals surface area contributed by atoms with E-state index in [4.69, 9.17) is 4.74 Å². The molecular weight excluding hydrogens is 374 g/mol. The van der Waals surface area contributed by atoms with Gasteiger partial charge in [-0.2, -0.15) is 0 Å². The summed E-state index contributed by atoms with van der Waals surface area (Å²) in [6.45, 7) is 3.53. The topological polar surface area (TPSA) is 92.6 Å². The van der Waals surface area contributed by atoms with Crippen molar-refractivity contribution in [2.75, 3.05) is 26.3 Å². The molecule has 152 valence electrons. The molecule has 1 aromatic carbocycles.